The lowest BCUT2D eigenvalue weighted by atomic mass is 10.1. The van der Waals surface area contributed by atoms with E-state index in [-0.39, 0.29) is 12.5 Å². The van der Waals surface area contributed by atoms with Gasteiger partial charge in [0.25, 0.3) is 0 Å². The first kappa shape index (κ1) is 9.66. The molecule has 0 aromatic heterocycles. The molecular weight excluding hydrogens is 126 g/mol. The van der Waals surface area contributed by atoms with Crippen LogP contribution in [0.5, 0.6) is 0 Å². The van der Waals surface area contributed by atoms with Crippen molar-refractivity contribution in [1.29, 1.82) is 0 Å². The van der Waals surface area contributed by atoms with E-state index in [4.69, 9.17) is 10.8 Å². The third-order valence-corrected chi connectivity index (χ3v) is 1.31. The summed E-state index contributed by atoms with van der Waals surface area (Å²) in [5.41, 5.74) is 5.36. The second kappa shape index (κ2) is 5.45. The molecular formula is C8H17NO. The van der Waals surface area contributed by atoms with Gasteiger partial charge < -0.3 is 10.8 Å². The molecule has 0 amide bonds. The monoisotopic (exact) mass is 143 g/mol. The van der Waals surface area contributed by atoms with E-state index in [1.807, 2.05) is 6.08 Å². The van der Waals surface area contributed by atoms with Gasteiger partial charge in [-0.1, -0.05) is 26.0 Å². The highest BCUT2D eigenvalue weighted by atomic mass is 16.3. The van der Waals surface area contributed by atoms with Crippen molar-refractivity contribution < 1.29 is 5.11 Å². The zero-order chi connectivity index (χ0) is 7.98. The molecule has 10 heavy (non-hydrogen) atoms. The zero-order valence-electron chi connectivity index (χ0n) is 6.75. The highest BCUT2D eigenvalue weighted by molar-refractivity contribution is 4.90. The van der Waals surface area contributed by atoms with E-state index in [9.17, 15) is 0 Å². The average Bonchev–Trinajstić information content (AvgIpc) is 1.90. The normalized spacial score (nSPS) is 14.9. The van der Waals surface area contributed by atoms with Gasteiger partial charge in [-0.15, -0.1) is 0 Å². The van der Waals surface area contributed by atoms with Gasteiger partial charge in [-0.3, -0.25) is 0 Å². The second-order valence-electron chi connectivity index (χ2n) is 2.81. The number of aliphatic hydroxyl groups is 1. The predicted molar refractivity (Wildman–Crippen MR) is 43.6 cm³/mol. The Hall–Kier alpha value is -0.340. The highest BCUT2D eigenvalue weighted by Gasteiger charge is 1.97. The fourth-order valence-corrected chi connectivity index (χ4v) is 0.593. The number of aliphatic hydroxyl groups excluding tert-OH is 1. The van der Waals surface area contributed by atoms with E-state index in [0.29, 0.717) is 12.5 Å². The van der Waals surface area contributed by atoms with Crippen molar-refractivity contribution in [3.63, 3.8) is 0 Å². The number of allylic oxidation sites excluding steroid dienone is 1. The molecule has 3 N–H and O–H groups in total. The molecule has 0 fully saturated rings. The molecule has 0 saturated carbocycles. The van der Waals surface area contributed by atoms with Crippen molar-refractivity contribution in [1.82, 2.24) is 0 Å². The number of nitrogens with two attached hydrogens (primary N) is 1. The SMILES string of the molecule is CC(C)/C=C/[C@H](CN)CO. The summed E-state index contributed by atoms with van der Waals surface area (Å²) in [6.45, 7) is 4.88. The molecule has 2 nitrogen and oxygen atoms in total. The van der Waals surface area contributed by atoms with Gasteiger partial charge in [0.15, 0.2) is 0 Å². The highest BCUT2D eigenvalue weighted by Crippen LogP contribution is 1.99. The third kappa shape index (κ3) is 4.53. The Bertz CT molecular complexity index is 95.4. The van der Waals surface area contributed by atoms with Gasteiger partial charge >= 0.3 is 0 Å². The first-order chi connectivity index (χ1) is 4.70. The van der Waals surface area contributed by atoms with Gasteiger partial charge in [-0.25, -0.2) is 0 Å². The van der Waals surface area contributed by atoms with Gasteiger partial charge in [0.1, 0.15) is 0 Å². The molecule has 0 aliphatic rings. The molecule has 2 heteroatoms. The quantitative estimate of drug-likeness (QED) is 0.571. The van der Waals surface area contributed by atoms with Crippen molar-refractivity contribution in [3.8, 4) is 0 Å². The van der Waals surface area contributed by atoms with Crippen LogP contribution in [0.3, 0.4) is 0 Å². The predicted octanol–water partition coefficient (Wildman–Crippen LogP) is 0.766. The Morgan fingerprint density at radius 1 is 1.40 bits per heavy atom. The maximum Gasteiger partial charge on any atom is 0.0505 e. The third-order valence-electron chi connectivity index (χ3n) is 1.31. The van der Waals surface area contributed by atoms with Crippen LogP contribution in [0, 0.1) is 11.8 Å². The molecule has 0 aromatic carbocycles. The summed E-state index contributed by atoms with van der Waals surface area (Å²) in [6.07, 6.45) is 4.04. The van der Waals surface area contributed by atoms with Gasteiger partial charge in [-0.05, 0) is 5.92 Å². The van der Waals surface area contributed by atoms with Crippen molar-refractivity contribution in [3.05, 3.63) is 12.2 Å². The summed E-state index contributed by atoms with van der Waals surface area (Å²) in [5.74, 6) is 0.683. The number of rotatable bonds is 4. The van der Waals surface area contributed by atoms with E-state index < -0.39 is 0 Å². The van der Waals surface area contributed by atoms with E-state index in [1.165, 1.54) is 0 Å². The Kier molecular flexibility index (Phi) is 5.26. The molecule has 0 unspecified atom stereocenters. The van der Waals surface area contributed by atoms with E-state index in [1.54, 1.807) is 0 Å². The van der Waals surface area contributed by atoms with Crippen LogP contribution in [0.1, 0.15) is 13.8 Å². The Morgan fingerprint density at radius 2 is 2.00 bits per heavy atom. The largest absolute Gasteiger partial charge is 0.396 e. The molecule has 60 valence electrons. The lowest BCUT2D eigenvalue weighted by Crippen LogP contribution is -2.15. The minimum atomic E-state index is 0.141. The fourth-order valence-electron chi connectivity index (χ4n) is 0.593. The molecule has 0 rings (SSSR count). The van der Waals surface area contributed by atoms with Crippen molar-refractivity contribution >= 4 is 0 Å². The van der Waals surface area contributed by atoms with E-state index in [0.717, 1.165) is 0 Å². The summed E-state index contributed by atoms with van der Waals surface area (Å²) in [5, 5.41) is 8.71. The van der Waals surface area contributed by atoms with Gasteiger partial charge in [-0.2, -0.15) is 0 Å². The van der Waals surface area contributed by atoms with Crippen molar-refractivity contribution in [2.24, 2.45) is 17.6 Å². The Labute approximate surface area is 62.7 Å². The van der Waals surface area contributed by atoms with Crippen LogP contribution >= 0.6 is 0 Å². The molecule has 0 spiro atoms. The molecule has 0 bridgehead atoms. The summed E-state index contributed by atoms with van der Waals surface area (Å²) in [6, 6.07) is 0. The lowest BCUT2D eigenvalue weighted by Gasteiger charge is -2.04. The second-order valence-corrected chi connectivity index (χ2v) is 2.81. The summed E-state index contributed by atoms with van der Waals surface area (Å²) in [7, 11) is 0. The minimum Gasteiger partial charge on any atom is -0.396 e. The van der Waals surface area contributed by atoms with Gasteiger partial charge in [0.2, 0.25) is 0 Å². The van der Waals surface area contributed by atoms with Gasteiger partial charge in [0, 0.05) is 12.5 Å². The van der Waals surface area contributed by atoms with E-state index in [2.05, 4.69) is 19.9 Å². The van der Waals surface area contributed by atoms with Crippen LogP contribution in [-0.2, 0) is 0 Å². The standard InChI is InChI=1S/C8H17NO/c1-7(2)3-4-8(5-9)6-10/h3-4,7-8,10H,5-6,9H2,1-2H3/b4-3+/t8-/m1/s1. The smallest absolute Gasteiger partial charge is 0.0505 e. The molecule has 0 aliphatic heterocycles. The topological polar surface area (TPSA) is 46.2 Å². The Balaban J connectivity index is 3.61. The summed E-state index contributed by atoms with van der Waals surface area (Å²) in [4.78, 5) is 0. The fraction of sp³-hybridized carbons (Fsp3) is 0.750. The zero-order valence-corrected chi connectivity index (χ0v) is 6.75. The van der Waals surface area contributed by atoms with E-state index >= 15 is 0 Å². The maximum atomic E-state index is 8.71. The number of hydrogen-bond acceptors (Lipinski definition) is 2. The first-order valence-corrected chi connectivity index (χ1v) is 3.70. The number of hydrogen-bond donors (Lipinski definition) is 2. The maximum absolute atomic E-state index is 8.71. The van der Waals surface area contributed by atoms with Crippen LogP contribution in [0.4, 0.5) is 0 Å². The molecule has 0 aromatic rings. The molecule has 0 radical (unpaired) electrons. The summed E-state index contributed by atoms with van der Waals surface area (Å²) < 4.78 is 0. The van der Waals surface area contributed by atoms with Crippen molar-refractivity contribution in [2.75, 3.05) is 13.2 Å². The van der Waals surface area contributed by atoms with Gasteiger partial charge in [0.05, 0.1) is 6.61 Å². The van der Waals surface area contributed by atoms with Crippen LogP contribution in [0.25, 0.3) is 0 Å². The lowest BCUT2D eigenvalue weighted by molar-refractivity contribution is 0.255. The molecule has 0 aliphatic carbocycles. The van der Waals surface area contributed by atoms with Crippen molar-refractivity contribution in [2.45, 2.75) is 13.8 Å². The van der Waals surface area contributed by atoms with Crippen LogP contribution in [0.15, 0.2) is 12.2 Å². The molecule has 0 saturated heterocycles. The summed E-state index contributed by atoms with van der Waals surface area (Å²) >= 11 is 0. The van der Waals surface area contributed by atoms with Crippen LogP contribution in [-0.4, -0.2) is 18.3 Å². The molecule has 1 atom stereocenters. The average molecular weight is 143 g/mol. The minimum absolute atomic E-state index is 0.141. The van der Waals surface area contributed by atoms with Crippen LogP contribution in [0.2, 0.25) is 0 Å². The van der Waals surface area contributed by atoms with Crippen LogP contribution < -0.4 is 5.73 Å². The molecule has 0 heterocycles. The first-order valence-electron chi connectivity index (χ1n) is 3.70. The Morgan fingerprint density at radius 3 is 2.30 bits per heavy atom.